The molecule has 6 aliphatic heterocycles. The molecule has 5 fully saturated rings. The number of aliphatic hydroxyl groups is 2. The number of aliphatic carboxylic acids is 1. The highest BCUT2D eigenvalue weighted by Crippen LogP contribution is 2.57. The molecule has 0 saturated carbocycles. The van der Waals surface area contributed by atoms with Gasteiger partial charge >= 0.3 is 5.97 Å². The summed E-state index contributed by atoms with van der Waals surface area (Å²) in [6.07, 6.45) is -0.616. The predicted molar refractivity (Wildman–Crippen MR) is 198 cm³/mol. The molecule has 0 aromatic heterocycles. The fourth-order valence-corrected chi connectivity index (χ4v) is 11.3. The second kappa shape index (κ2) is 16.0. The first-order chi connectivity index (χ1) is 25.8. The fourth-order valence-electron chi connectivity index (χ4n) is 11.3. The van der Waals surface area contributed by atoms with Gasteiger partial charge in [0.05, 0.1) is 60.7 Å². The van der Waals surface area contributed by atoms with Crippen LogP contribution < -0.4 is 0 Å². The number of ether oxygens (including phenoxy) is 10. The summed E-state index contributed by atoms with van der Waals surface area (Å²) in [5, 5.41) is 32.1. The van der Waals surface area contributed by atoms with E-state index in [-0.39, 0.29) is 54.9 Å². The fraction of sp³-hybridized carbons (Fsp3) is 0.927. The molecular formula is C41H68O14. The number of carbonyl (C=O) groups is 1. The van der Waals surface area contributed by atoms with E-state index in [4.69, 9.17) is 47.4 Å². The Morgan fingerprint density at radius 3 is 2.11 bits per heavy atom. The Labute approximate surface area is 326 Å². The lowest BCUT2D eigenvalue weighted by atomic mass is 9.73. The van der Waals surface area contributed by atoms with E-state index in [0.717, 1.165) is 37.9 Å². The smallest absolute Gasteiger partial charge is 0.338 e. The summed E-state index contributed by atoms with van der Waals surface area (Å²) in [5.41, 5.74) is -0.742. The first-order valence-corrected chi connectivity index (χ1v) is 20.3. The van der Waals surface area contributed by atoms with Crippen LogP contribution in [0.1, 0.15) is 100 Å². The molecule has 3 N–H and O–H groups in total. The zero-order chi connectivity index (χ0) is 40.4. The number of methoxy groups -OCH3 is 4. The summed E-state index contributed by atoms with van der Waals surface area (Å²) in [6, 6.07) is 0. The van der Waals surface area contributed by atoms with Gasteiger partial charge in [0.15, 0.2) is 5.79 Å². The molecule has 0 amide bonds. The molecule has 14 nitrogen and oxygen atoms in total. The Morgan fingerprint density at radius 1 is 0.855 bits per heavy atom. The van der Waals surface area contributed by atoms with Crippen molar-refractivity contribution in [1.29, 1.82) is 0 Å². The maximum atomic E-state index is 12.0. The van der Waals surface area contributed by atoms with Gasteiger partial charge in [0, 0.05) is 59.0 Å². The highest BCUT2D eigenvalue weighted by Gasteiger charge is 2.69. The molecule has 1 spiro atoms. The lowest BCUT2D eigenvalue weighted by Crippen LogP contribution is -2.72. The number of hydrogen-bond acceptors (Lipinski definition) is 13. The van der Waals surface area contributed by atoms with Gasteiger partial charge in [0.1, 0.15) is 17.3 Å². The third-order valence-electron chi connectivity index (χ3n) is 14.7. The van der Waals surface area contributed by atoms with Gasteiger partial charge in [-0.3, -0.25) is 0 Å². The zero-order valence-corrected chi connectivity index (χ0v) is 34.9. The maximum Gasteiger partial charge on any atom is 0.338 e. The van der Waals surface area contributed by atoms with E-state index in [9.17, 15) is 20.1 Å². The van der Waals surface area contributed by atoms with Gasteiger partial charge < -0.3 is 62.7 Å². The summed E-state index contributed by atoms with van der Waals surface area (Å²) in [7, 11) is 6.34. The van der Waals surface area contributed by atoms with Crippen molar-refractivity contribution in [1.82, 2.24) is 0 Å². The highest BCUT2D eigenvalue weighted by atomic mass is 16.7. The molecule has 0 aliphatic carbocycles. The van der Waals surface area contributed by atoms with E-state index >= 15 is 0 Å². The molecule has 0 bridgehead atoms. The number of aliphatic hydroxyl groups excluding tert-OH is 1. The second-order valence-corrected chi connectivity index (χ2v) is 17.8. The maximum absolute atomic E-state index is 12.0. The molecular weight excluding hydrogens is 716 g/mol. The molecule has 6 heterocycles. The molecule has 6 aliphatic rings. The standard InChI is InChI=1S/C41H68O14/c1-20-17-21(2)33(50-25(20)6)29-14-13-27(51-29)28-15-16-31(52-28)39(8)36(48-11)24(5)41(55-39)22(3)30(46-9)18-26(53-41)19-32-38(7,49-12)35(47-10)23(4)40(45,54-32)34(42)37(43)44/h21-24,26-36,42,45H,13-19H2,1-12H3,(H,43,44)/t21?,22?,23?,24-,26?,27-,28+,29?,30?,31-,32?,33?,34?,35+,36?,38+,39-,40?,41+/m1/s1. The third kappa shape index (κ3) is 7.10. The van der Waals surface area contributed by atoms with Crippen molar-refractivity contribution in [3.8, 4) is 0 Å². The van der Waals surface area contributed by atoms with Gasteiger partial charge in [-0.25, -0.2) is 4.79 Å². The molecule has 5 saturated heterocycles. The van der Waals surface area contributed by atoms with Crippen LogP contribution in [-0.4, -0.2) is 140 Å². The van der Waals surface area contributed by atoms with Crippen LogP contribution in [0.4, 0.5) is 0 Å². The minimum absolute atomic E-state index is 0.0253. The SMILES string of the molecule is COC1CC(CC2OC(O)(C(O)C(=O)O)C(C)[C@H](OC)[C@@]2(C)OC)O[C@]2(O[C@](C)([C@H]3CC[C@@H]([C@H]4CCC(C5OC(C)=C(C)CC5C)O4)O3)C(OC)[C@H]2C)C1C. The van der Waals surface area contributed by atoms with E-state index in [1.165, 1.54) is 19.8 Å². The number of allylic oxidation sites excluding steroid dienone is 2. The molecule has 316 valence electrons. The van der Waals surface area contributed by atoms with Crippen molar-refractivity contribution in [2.75, 3.05) is 28.4 Å². The van der Waals surface area contributed by atoms with Crippen LogP contribution in [0.5, 0.6) is 0 Å². The second-order valence-electron chi connectivity index (χ2n) is 17.8. The van der Waals surface area contributed by atoms with Crippen molar-refractivity contribution in [3.63, 3.8) is 0 Å². The summed E-state index contributed by atoms with van der Waals surface area (Å²) >= 11 is 0. The lowest BCUT2D eigenvalue weighted by molar-refractivity contribution is -0.389. The summed E-state index contributed by atoms with van der Waals surface area (Å²) in [6.45, 7) is 16.0. The van der Waals surface area contributed by atoms with Crippen molar-refractivity contribution in [3.05, 3.63) is 11.3 Å². The number of hydrogen-bond donors (Lipinski definition) is 3. The number of carboxylic acid groups (broad SMARTS) is 1. The van der Waals surface area contributed by atoms with E-state index in [1.807, 2.05) is 6.92 Å². The highest BCUT2D eigenvalue weighted by molar-refractivity contribution is 5.73. The molecule has 0 radical (unpaired) electrons. The van der Waals surface area contributed by atoms with Gasteiger partial charge in [-0.15, -0.1) is 0 Å². The van der Waals surface area contributed by atoms with Crippen LogP contribution in [0.25, 0.3) is 0 Å². The molecule has 19 atom stereocenters. The molecule has 0 aromatic carbocycles. The Morgan fingerprint density at radius 2 is 1.49 bits per heavy atom. The quantitative estimate of drug-likeness (QED) is 0.270. The average Bonchev–Trinajstić information content (AvgIpc) is 3.88. The van der Waals surface area contributed by atoms with Crippen LogP contribution in [0.2, 0.25) is 0 Å². The van der Waals surface area contributed by atoms with Gasteiger partial charge in [0.2, 0.25) is 11.9 Å². The van der Waals surface area contributed by atoms with Crippen molar-refractivity contribution in [2.24, 2.45) is 23.7 Å². The lowest BCUT2D eigenvalue weighted by Gasteiger charge is -2.56. The Bertz CT molecular complexity index is 1410. The monoisotopic (exact) mass is 784 g/mol. The summed E-state index contributed by atoms with van der Waals surface area (Å²) in [4.78, 5) is 12.0. The molecule has 55 heavy (non-hydrogen) atoms. The van der Waals surface area contributed by atoms with Crippen LogP contribution in [0, 0.1) is 23.7 Å². The Hall–Kier alpha value is -1.43. The molecule has 0 aromatic rings. The van der Waals surface area contributed by atoms with Gasteiger partial charge in [-0.1, -0.05) is 27.7 Å². The summed E-state index contributed by atoms with van der Waals surface area (Å²) in [5.74, 6) is -5.33. The zero-order valence-electron chi connectivity index (χ0n) is 34.9. The van der Waals surface area contributed by atoms with E-state index in [2.05, 4.69) is 34.6 Å². The van der Waals surface area contributed by atoms with Crippen LogP contribution in [0.3, 0.4) is 0 Å². The van der Waals surface area contributed by atoms with E-state index in [1.54, 1.807) is 28.1 Å². The first-order valence-electron chi connectivity index (χ1n) is 20.3. The van der Waals surface area contributed by atoms with Gasteiger partial charge in [-0.2, -0.15) is 0 Å². The van der Waals surface area contributed by atoms with Gasteiger partial charge in [0.25, 0.3) is 0 Å². The van der Waals surface area contributed by atoms with Crippen LogP contribution in [0.15, 0.2) is 11.3 Å². The van der Waals surface area contributed by atoms with Gasteiger partial charge in [-0.05, 0) is 71.3 Å². The van der Waals surface area contributed by atoms with Crippen LogP contribution >= 0.6 is 0 Å². The number of rotatable bonds is 11. The van der Waals surface area contributed by atoms with Crippen molar-refractivity contribution in [2.45, 2.75) is 190 Å². The molecule has 6 rings (SSSR count). The Balaban J connectivity index is 1.22. The van der Waals surface area contributed by atoms with Crippen molar-refractivity contribution < 1.29 is 67.5 Å². The molecule has 14 heteroatoms. The van der Waals surface area contributed by atoms with Crippen LogP contribution in [-0.2, 0) is 52.2 Å². The Kier molecular flexibility index (Phi) is 12.5. The summed E-state index contributed by atoms with van der Waals surface area (Å²) < 4.78 is 64.8. The van der Waals surface area contributed by atoms with E-state index in [0.29, 0.717) is 12.3 Å². The number of carboxylic acids is 1. The minimum atomic E-state index is -2.47. The normalized spacial score (nSPS) is 51.1. The van der Waals surface area contributed by atoms with Crippen molar-refractivity contribution >= 4 is 5.97 Å². The topological polar surface area (TPSA) is 170 Å². The predicted octanol–water partition coefficient (Wildman–Crippen LogP) is 4.36. The van der Waals surface area contributed by atoms with E-state index < -0.39 is 65.2 Å². The minimum Gasteiger partial charge on any atom is -0.492 e. The third-order valence-corrected chi connectivity index (χ3v) is 14.7. The largest absolute Gasteiger partial charge is 0.492 e. The average molecular weight is 785 g/mol. The molecule has 11 unspecified atom stereocenters. The first kappa shape index (κ1) is 43.2.